The molecule has 3 aromatic rings. The van der Waals surface area contributed by atoms with Gasteiger partial charge in [0.1, 0.15) is 6.61 Å². The predicted molar refractivity (Wildman–Crippen MR) is 103 cm³/mol. The van der Waals surface area contributed by atoms with Gasteiger partial charge in [0.15, 0.2) is 0 Å². The Labute approximate surface area is 158 Å². The number of fused-ring (bicyclic) bond motifs is 2. The maximum Gasteiger partial charge on any atom is 0.245 e. The Morgan fingerprint density at radius 1 is 1.37 bits per heavy atom. The Kier molecular flexibility index (Phi) is 5.22. The van der Waals surface area contributed by atoms with E-state index in [2.05, 4.69) is 55.3 Å². The van der Waals surface area contributed by atoms with E-state index in [-0.39, 0.29) is 18.6 Å². The average molecular weight is 367 g/mol. The number of carbonyl (C=O) groups is 1. The molecule has 1 unspecified atom stereocenters. The standard InChI is InChI=1S/C20H25N5O2/c1-27-14-20(26)22-8-5-16-12-24(13-17-6-10-23-25(16)17)11-15-3-2-4-19-18(15)7-9-21-19/h2-4,6-7,9-10,16,21H,5,8,11-14H2,1H3,(H,22,26). The Hall–Kier alpha value is -2.64. The third-order valence-corrected chi connectivity index (χ3v) is 5.11. The number of benzene rings is 1. The van der Waals surface area contributed by atoms with Gasteiger partial charge in [-0.1, -0.05) is 12.1 Å². The fourth-order valence-electron chi connectivity index (χ4n) is 3.89. The highest BCUT2D eigenvalue weighted by atomic mass is 16.5. The summed E-state index contributed by atoms with van der Waals surface area (Å²) in [5.74, 6) is -0.0787. The number of aromatic nitrogens is 3. The van der Waals surface area contributed by atoms with Gasteiger partial charge in [0.05, 0.1) is 11.7 Å². The van der Waals surface area contributed by atoms with E-state index in [9.17, 15) is 4.79 Å². The van der Waals surface area contributed by atoms with E-state index in [4.69, 9.17) is 4.74 Å². The minimum Gasteiger partial charge on any atom is -0.375 e. The van der Waals surface area contributed by atoms with Crippen molar-refractivity contribution in [2.75, 3.05) is 26.8 Å². The molecule has 0 saturated carbocycles. The van der Waals surface area contributed by atoms with Crippen LogP contribution in [0.25, 0.3) is 10.9 Å². The Balaban J connectivity index is 1.45. The number of carbonyl (C=O) groups excluding carboxylic acids is 1. The van der Waals surface area contributed by atoms with Crippen LogP contribution in [-0.4, -0.2) is 52.4 Å². The quantitative estimate of drug-likeness (QED) is 0.670. The number of amides is 1. The number of nitrogens with one attached hydrogen (secondary N) is 2. The SMILES string of the molecule is COCC(=O)NCCC1CN(Cc2cccc3[nH]ccc23)Cc2ccnn21. The molecule has 1 amide bonds. The number of hydrogen-bond donors (Lipinski definition) is 2. The van der Waals surface area contributed by atoms with Crippen LogP contribution in [0, 0.1) is 0 Å². The van der Waals surface area contributed by atoms with Gasteiger partial charge < -0.3 is 15.0 Å². The minimum atomic E-state index is -0.0787. The third kappa shape index (κ3) is 3.89. The summed E-state index contributed by atoms with van der Waals surface area (Å²) in [6, 6.07) is 10.9. The van der Waals surface area contributed by atoms with Gasteiger partial charge in [-0.05, 0) is 30.2 Å². The van der Waals surface area contributed by atoms with Crippen molar-refractivity contribution in [3.05, 3.63) is 54.0 Å². The van der Waals surface area contributed by atoms with Crippen LogP contribution in [0.1, 0.15) is 23.7 Å². The molecule has 1 aliphatic rings. The smallest absolute Gasteiger partial charge is 0.245 e. The number of hydrogen-bond acceptors (Lipinski definition) is 4. The van der Waals surface area contributed by atoms with Crippen LogP contribution >= 0.6 is 0 Å². The van der Waals surface area contributed by atoms with Crippen molar-refractivity contribution < 1.29 is 9.53 Å². The van der Waals surface area contributed by atoms with Crippen molar-refractivity contribution >= 4 is 16.8 Å². The summed E-state index contributed by atoms with van der Waals surface area (Å²) in [6.45, 7) is 3.41. The molecule has 0 fully saturated rings. The number of ether oxygens (including phenoxy) is 1. The van der Waals surface area contributed by atoms with Crippen LogP contribution < -0.4 is 5.32 Å². The van der Waals surface area contributed by atoms with Crippen LogP contribution in [0.2, 0.25) is 0 Å². The highest BCUT2D eigenvalue weighted by Gasteiger charge is 2.25. The van der Waals surface area contributed by atoms with Crippen LogP contribution in [0.15, 0.2) is 42.7 Å². The Bertz CT molecular complexity index is 916. The predicted octanol–water partition coefficient (Wildman–Crippen LogP) is 2.07. The molecular formula is C20H25N5O2. The summed E-state index contributed by atoms with van der Waals surface area (Å²) in [6.07, 6.45) is 4.70. The summed E-state index contributed by atoms with van der Waals surface area (Å²) >= 11 is 0. The molecule has 4 rings (SSSR count). The molecule has 7 nitrogen and oxygen atoms in total. The molecule has 0 spiro atoms. The summed E-state index contributed by atoms with van der Waals surface area (Å²) in [7, 11) is 1.53. The normalized spacial score (nSPS) is 17.1. The summed E-state index contributed by atoms with van der Waals surface area (Å²) in [5, 5.41) is 8.69. The van der Waals surface area contributed by atoms with Gasteiger partial charge in [0.2, 0.25) is 5.91 Å². The molecule has 3 heterocycles. The molecule has 142 valence electrons. The van der Waals surface area contributed by atoms with Crippen LogP contribution in [0.5, 0.6) is 0 Å². The number of H-pyrrole nitrogens is 1. The second-order valence-corrected chi connectivity index (χ2v) is 7.02. The number of nitrogens with zero attached hydrogens (tertiary/aromatic N) is 3. The Morgan fingerprint density at radius 3 is 3.19 bits per heavy atom. The first-order valence-corrected chi connectivity index (χ1v) is 9.30. The lowest BCUT2D eigenvalue weighted by Crippen LogP contribution is -2.39. The zero-order valence-electron chi connectivity index (χ0n) is 15.5. The van der Waals surface area contributed by atoms with E-state index in [0.717, 1.165) is 26.1 Å². The second kappa shape index (κ2) is 7.94. The molecule has 1 aliphatic heterocycles. The summed E-state index contributed by atoms with van der Waals surface area (Å²) in [4.78, 5) is 17.4. The second-order valence-electron chi connectivity index (χ2n) is 7.02. The monoisotopic (exact) mass is 367 g/mol. The van der Waals surface area contributed by atoms with Crippen LogP contribution in [-0.2, 0) is 22.6 Å². The van der Waals surface area contributed by atoms with Crippen molar-refractivity contribution in [2.45, 2.75) is 25.6 Å². The van der Waals surface area contributed by atoms with Gasteiger partial charge in [0.25, 0.3) is 0 Å². The van der Waals surface area contributed by atoms with Crippen LogP contribution in [0.4, 0.5) is 0 Å². The number of rotatable bonds is 7. The van der Waals surface area contributed by atoms with E-state index in [1.807, 2.05) is 12.4 Å². The van der Waals surface area contributed by atoms with Gasteiger partial charge in [-0.15, -0.1) is 0 Å². The molecule has 0 bridgehead atoms. The van der Waals surface area contributed by atoms with Crippen molar-refractivity contribution in [3.63, 3.8) is 0 Å². The molecule has 7 heteroatoms. The maximum absolute atomic E-state index is 11.6. The van der Waals surface area contributed by atoms with Gasteiger partial charge in [-0.3, -0.25) is 14.4 Å². The highest BCUT2D eigenvalue weighted by Crippen LogP contribution is 2.26. The number of aromatic amines is 1. The van der Waals surface area contributed by atoms with Crippen LogP contribution in [0.3, 0.4) is 0 Å². The van der Waals surface area contributed by atoms with Gasteiger partial charge in [-0.2, -0.15) is 5.10 Å². The molecule has 0 radical (unpaired) electrons. The number of methoxy groups -OCH3 is 1. The first kappa shape index (κ1) is 17.8. The van der Waals surface area contributed by atoms with Crippen molar-refractivity contribution in [3.8, 4) is 0 Å². The van der Waals surface area contributed by atoms with E-state index in [1.165, 1.54) is 29.3 Å². The zero-order valence-corrected chi connectivity index (χ0v) is 15.5. The molecule has 1 atom stereocenters. The fraction of sp³-hybridized carbons (Fsp3) is 0.400. The molecule has 0 aliphatic carbocycles. The average Bonchev–Trinajstić information content (AvgIpc) is 3.31. The van der Waals surface area contributed by atoms with Gasteiger partial charge in [0, 0.05) is 56.6 Å². The molecular weight excluding hydrogens is 342 g/mol. The fourth-order valence-corrected chi connectivity index (χ4v) is 3.89. The highest BCUT2D eigenvalue weighted by molar-refractivity contribution is 5.82. The van der Waals surface area contributed by atoms with Crippen molar-refractivity contribution in [1.82, 2.24) is 25.0 Å². The molecule has 2 N–H and O–H groups in total. The first-order chi connectivity index (χ1) is 13.2. The summed E-state index contributed by atoms with van der Waals surface area (Å²) in [5.41, 5.74) is 3.72. The lowest BCUT2D eigenvalue weighted by Gasteiger charge is -2.34. The lowest BCUT2D eigenvalue weighted by molar-refractivity contribution is -0.124. The first-order valence-electron chi connectivity index (χ1n) is 9.30. The van der Waals surface area contributed by atoms with Gasteiger partial charge >= 0.3 is 0 Å². The minimum absolute atomic E-state index is 0.0787. The van der Waals surface area contributed by atoms with Gasteiger partial charge in [-0.25, -0.2) is 0 Å². The largest absolute Gasteiger partial charge is 0.375 e. The molecule has 1 aromatic carbocycles. The van der Waals surface area contributed by atoms with E-state index in [0.29, 0.717) is 6.54 Å². The van der Waals surface area contributed by atoms with Crippen molar-refractivity contribution in [1.29, 1.82) is 0 Å². The van der Waals surface area contributed by atoms with E-state index < -0.39 is 0 Å². The zero-order chi connectivity index (χ0) is 18.6. The topological polar surface area (TPSA) is 75.2 Å². The summed E-state index contributed by atoms with van der Waals surface area (Å²) < 4.78 is 6.97. The third-order valence-electron chi connectivity index (χ3n) is 5.11. The van der Waals surface area contributed by atoms with E-state index in [1.54, 1.807) is 0 Å². The molecule has 2 aromatic heterocycles. The maximum atomic E-state index is 11.6. The molecule has 0 saturated heterocycles. The Morgan fingerprint density at radius 2 is 2.30 bits per heavy atom. The van der Waals surface area contributed by atoms with Crippen molar-refractivity contribution in [2.24, 2.45) is 0 Å². The lowest BCUT2D eigenvalue weighted by atomic mass is 10.1. The van der Waals surface area contributed by atoms with E-state index >= 15 is 0 Å². The molecule has 27 heavy (non-hydrogen) atoms.